The van der Waals surface area contributed by atoms with Gasteiger partial charge in [-0.2, -0.15) is 0 Å². The number of fused-ring (bicyclic) bond motifs is 1. The van der Waals surface area contributed by atoms with Crippen molar-refractivity contribution in [2.75, 3.05) is 23.4 Å². The van der Waals surface area contributed by atoms with E-state index in [9.17, 15) is 9.59 Å². The van der Waals surface area contributed by atoms with Gasteiger partial charge < -0.3 is 4.90 Å². The zero-order valence-electron chi connectivity index (χ0n) is 13.8. The Morgan fingerprint density at radius 1 is 1.42 bits per heavy atom. The highest BCUT2D eigenvalue weighted by molar-refractivity contribution is 7.14. The van der Waals surface area contributed by atoms with Crippen molar-refractivity contribution in [3.8, 4) is 0 Å². The topological polar surface area (TPSA) is 53.5 Å². The van der Waals surface area contributed by atoms with Gasteiger partial charge in [-0.15, -0.1) is 11.3 Å². The van der Waals surface area contributed by atoms with Gasteiger partial charge >= 0.3 is 0 Å². The molecule has 0 N–H and O–H groups in total. The van der Waals surface area contributed by atoms with Gasteiger partial charge in [0.1, 0.15) is 0 Å². The molecule has 0 aliphatic carbocycles. The molecule has 0 saturated carbocycles. The molecule has 0 atom stereocenters. The number of aryl methyl sites for hydroxylation is 1. The number of nitrogens with zero attached hydrogens (tertiary/aromatic N) is 3. The van der Waals surface area contributed by atoms with E-state index < -0.39 is 0 Å². The summed E-state index contributed by atoms with van der Waals surface area (Å²) in [5, 5.41) is 2.59. The van der Waals surface area contributed by atoms with Gasteiger partial charge in [0.25, 0.3) is 5.91 Å². The van der Waals surface area contributed by atoms with Gasteiger partial charge in [0.05, 0.1) is 5.69 Å². The standard InChI is InChI=1S/C18H19N3O2S/c1-4-16(22)21-10-6-8-13-14(7-5-9-15(13)21)17(23)20(3)18-19-12(2)11-24-18/h4-5,7,9,11H,1,6,8,10H2,2-3H3. The van der Waals surface area contributed by atoms with E-state index in [4.69, 9.17) is 0 Å². The van der Waals surface area contributed by atoms with Crippen molar-refractivity contribution in [2.45, 2.75) is 19.8 Å². The number of aromatic nitrogens is 1. The zero-order valence-corrected chi connectivity index (χ0v) is 14.6. The van der Waals surface area contributed by atoms with Crippen LogP contribution in [0.4, 0.5) is 10.8 Å². The lowest BCUT2D eigenvalue weighted by Gasteiger charge is -2.30. The Morgan fingerprint density at radius 2 is 2.21 bits per heavy atom. The van der Waals surface area contributed by atoms with Crippen molar-refractivity contribution in [3.63, 3.8) is 0 Å². The summed E-state index contributed by atoms with van der Waals surface area (Å²) in [6.45, 7) is 6.12. The summed E-state index contributed by atoms with van der Waals surface area (Å²) < 4.78 is 0. The number of carbonyl (C=O) groups excluding carboxylic acids is 2. The Labute approximate surface area is 145 Å². The van der Waals surface area contributed by atoms with E-state index in [0.717, 1.165) is 29.8 Å². The number of amides is 2. The van der Waals surface area contributed by atoms with Crippen molar-refractivity contribution in [1.29, 1.82) is 0 Å². The minimum Gasteiger partial charge on any atom is -0.309 e. The molecule has 1 aromatic heterocycles. The van der Waals surface area contributed by atoms with Crippen LogP contribution < -0.4 is 9.80 Å². The predicted molar refractivity (Wildman–Crippen MR) is 96.9 cm³/mol. The van der Waals surface area contributed by atoms with Crippen LogP contribution in [0.5, 0.6) is 0 Å². The van der Waals surface area contributed by atoms with Crippen molar-refractivity contribution in [2.24, 2.45) is 0 Å². The molecular formula is C18H19N3O2S. The van der Waals surface area contributed by atoms with E-state index in [1.54, 1.807) is 16.8 Å². The summed E-state index contributed by atoms with van der Waals surface area (Å²) in [5.41, 5.74) is 3.25. The van der Waals surface area contributed by atoms with Crippen molar-refractivity contribution >= 4 is 34.0 Å². The summed E-state index contributed by atoms with van der Waals surface area (Å²) in [6.07, 6.45) is 2.92. The SMILES string of the molecule is C=CC(=O)N1CCCc2c(C(=O)N(C)c3nc(C)cs3)cccc21. The van der Waals surface area contributed by atoms with Crippen molar-refractivity contribution < 1.29 is 9.59 Å². The Bertz CT molecular complexity index is 812. The Balaban J connectivity index is 1.99. The van der Waals surface area contributed by atoms with E-state index in [1.807, 2.05) is 30.5 Å². The third-order valence-electron chi connectivity index (χ3n) is 4.12. The summed E-state index contributed by atoms with van der Waals surface area (Å²) in [6, 6.07) is 5.53. The molecule has 24 heavy (non-hydrogen) atoms. The average molecular weight is 341 g/mol. The molecule has 5 nitrogen and oxygen atoms in total. The number of benzene rings is 1. The maximum absolute atomic E-state index is 12.9. The summed E-state index contributed by atoms with van der Waals surface area (Å²) in [5.74, 6) is -0.237. The monoisotopic (exact) mass is 341 g/mol. The first kappa shape index (κ1) is 16.4. The number of rotatable bonds is 3. The quantitative estimate of drug-likeness (QED) is 0.806. The maximum Gasteiger partial charge on any atom is 0.260 e. The zero-order chi connectivity index (χ0) is 17.3. The molecule has 0 spiro atoms. The molecule has 0 unspecified atom stereocenters. The highest BCUT2D eigenvalue weighted by Gasteiger charge is 2.26. The second-order valence-corrected chi connectivity index (χ2v) is 6.57. The molecule has 0 bridgehead atoms. The fraction of sp³-hybridized carbons (Fsp3) is 0.278. The molecule has 1 aliphatic heterocycles. The minimum absolute atomic E-state index is 0.103. The average Bonchev–Trinajstić information content (AvgIpc) is 3.05. The van der Waals surface area contributed by atoms with Gasteiger partial charge in [0.15, 0.2) is 5.13 Å². The number of thiazole rings is 1. The summed E-state index contributed by atoms with van der Waals surface area (Å²) in [7, 11) is 1.73. The molecule has 124 valence electrons. The lowest BCUT2D eigenvalue weighted by molar-refractivity contribution is -0.114. The van der Waals surface area contributed by atoms with E-state index in [2.05, 4.69) is 11.6 Å². The summed E-state index contributed by atoms with van der Waals surface area (Å²) in [4.78, 5) is 32.6. The molecule has 0 radical (unpaired) electrons. The lowest BCUT2D eigenvalue weighted by atomic mass is 9.95. The molecule has 1 aliphatic rings. The number of carbonyl (C=O) groups is 2. The molecular weight excluding hydrogens is 322 g/mol. The highest BCUT2D eigenvalue weighted by atomic mass is 32.1. The van der Waals surface area contributed by atoms with Gasteiger partial charge in [-0.25, -0.2) is 4.98 Å². The second-order valence-electron chi connectivity index (χ2n) is 5.74. The van der Waals surface area contributed by atoms with E-state index >= 15 is 0 Å². The molecule has 1 aromatic carbocycles. The van der Waals surface area contributed by atoms with Crippen LogP contribution in [0.1, 0.15) is 28.0 Å². The lowest BCUT2D eigenvalue weighted by Crippen LogP contribution is -2.36. The Morgan fingerprint density at radius 3 is 2.88 bits per heavy atom. The largest absolute Gasteiger partial charge is 0.309 e. The molecule has 6 heteroatoms. The number of hydrogen-bond donors (Lipinski definition) is 0. The van der Waals surface area contributed by atoms with Crippen molar-refractivity contribution in [3.05, 3.63) is 53.1 Å². The van der Waals surface area contributed by atoms with Crippen molar-refractivity contribution in [1.82, 2.24) is 4.98 Å². The number of anilines is 2. The first-order valence-corrected chi connectivity index (χ1v) is 8.67. The van der Waals surface area contributed by atoms with E-state index in [-0.39, 0.29) is 11.8 Å². The minimum atomic E-state index is -0.135. The fourth-order valence-corrected chi connectivity index (χ4v) is 3.69. The normalized spacial score (nSPS) is 13.3. The summed E-state index contributed by atoms with van der Waals surface area (Å²) >= 11 is 1.44. The van der Waals surface area contributed by atoms with Crippen LogP contribution in [0, 0.1) is 6.92 Å². The first-order chi connectivity index (χ1) is 11.5. The van der Waals surface area contributed by atoms with Crippen LogP contribution in [0.3, 0.4) is 0 Å². The third-order valence-corrected chi connectivity index (χ3v) is 5.16. The van der Waals surface area contributed by atoms with Crippen LogP contribution in [0.15, 0.2) is 36.2 Å². The van der Waals surface area contributed by atoms with Crippen LogP contribution in [-0.2, 0) is 11.2 Å². The predicted octanol–water partition coefficient (Wildman–Crippen LogP) is 3.19. The molecule has 0 fully saturated rings. The Kier molecular flexibility index (Phi) is 4.49. The molecule has 2 aromatic rings. The van der Waals surface area contributed by atoms with Crippen LogP contribution in [0.25, 0.3) is 0 Å². The number of hydrogen-bond acceptors (Lipinski definition) is 4. The van der Waals surface area contributed by atoms with E-state index in [0.29, 0.717) is 17.2 Å². The van der Waals surface area contributed by atoms with Crippen LogP contribution >= 0.6 is 11.3 Å². The first-order valence-electron chi connectivity index (χ1n) is 7.79. The van der Waals surface area contributed by atoms with Gasteiger partial charge in [-0.3, -0.25) is 14.5 Å². The maximum atomic E-state index is 12.9. The third kappa shape index (κ3) is 2.85. The molecule has 2 heterocycles. The molecule has 0 saturated heterocycles. The second kappa shape index (κ2) is 6.57. The highest BCUT2D eigenvalue weighted by Crippen LogP contribution is 2.31. The van der Waals surface area contributed by atoms with E-state index in [1.165, 1.54) is 17.4 Å². The van der Waals surface area contributed by atoms with Gasteiger partial charge in [0.2, 0.25) is 5.91 Å². The van der Waals surface area contributed by atoms with Gasteiger partial charge in [0, 0.05) is 30.2 Å². The van der Waals surface area contributed by atoms with Gasteiger partial charge in [-0.1, -0.05) is 12.6 Å². The molecule has 2 amide bonds. The van der Waals surface area contributed by atoms with Crippen LogP contribution in [-0.4, -0.2) is 30.4 Å². The van der Waals surface area contributed by atoms with Crippen LogP contribution in [0.2, 0.25) is 0 Å². The molecule has 3 rings (SSSR count). The fourth-order valence-electron chi connectivity index (χ4n) is 2.93. The van der Waals surface area contributed by atoms with Gasteiger partial charge in [-0.05, 0) is 43.5 Å². The Hall–Kier alpha value is -2.47. The smallest absolute Gasteiger partial charge is 0.260 e.